The molecule has 1 unspecified atom stereocenters. The molecule has 1 heterocycles. The summed E-state index contributed by atoms with van der Waals surface area (Å²) in [4.78, 5) is 19.8. The molecule has 0 N–H and O–H groups in total. The predicted octanol–water partition coefficient (Wildman–Crippen LogP) is 7.14. The van der Waals surface area contributed by atoms with Gasteiger partial charge >= 0.3 is 5.97 Å². The molecule has 2 rings (SSSR count). The number of carbonyl (C=O) groups is 1. The van der Waals surface area contributed by atoms with Crippen molar-refractivity contribution in [2.24, 2.45) is 0 Å². The molecule has 0 aliphatic carbocycles. The molecule has 0 amide bonds. The van der Waals surface area contributed by atoms with E-state index in [1.165, 1.54) is 51.9 Å². The molecule has 0 aliphatic rings. The minimum absolute atomic E-state index is 0.0551. The molecule has 1 atom stereocenters. The van der Waals surface area contributed by atoms with Crippen LogP contribution in [0.25, 0.3) is 11.4 Å². The fraction of sp³-hybridized carbons (Fsp3) is 0.552. The van der Waals surface area contributed by atoms with Crippen LogP contribution in [-0.4, -0.2) is 28.6 Å². The van der Waals surface area contributed by atoms with Crippen LogP contribution in [0.4, 0.5) is 0 Å². The Morgan fingerprint density at radius 1 is 0.941 bits per heavy atom. The highest BCUT2D eigenvalue weighted by atomic mass is 16.5. The molecule has 184 valence electrons. The zero-order valence-electron chi connectivity index (χ0n) is 21.1. The van der Waals surface area contributed by atoms with Gasteiger partial charge in [-0.25, -0.2) is 9.97 Å². The predicted molar refractivity (Wildman–Crippen MR) is 138 cm³/mol. The molecule has 0 fully saturated rings. The maximum absolute atomic E-state index is 10.9. The Labute approximate surface area is 205 Å². The summed E-state index contributed by atoms with van der Waals surface area (Å²) in [7, 11) is 0. The van der Waals surface area contributed by atoms with Crippen LogP contribution >= 0.6 is 0 Å². The molecule has 0 aliphatic heterocycles. The number of ether oxygens (including phenoxy) is 2. The minimum Gasteiger partial charge on any atom is -0.490 e. The van der Waals surface area contributed by atoms with E-state index in [1.807, 2.05) is 31.2 Å². The van der Waals surface area contributed by atoms with Gasteiger partial charge in [0.1, 0.15) is 0 Å². The van der Waals surface area contributed by atoms with Crippen molar-refractivity contribution in [3.8, 4) is 29.0 Å². The molecule has 1 aromatic heterocycles. The summed E-state index contributed by atoms with van der Waals surface area (Å²) in [6.07, 6.45) is 16.2. The topological polar surface area (TPSA) is 61.3 Å². The highest BCUT2D eigenvalue weighted by Crippen LogP contribution is 2.18. The molecule has 0 radical (unpaired) electrons. The van der Waals surface area contributed by atoms with Crippen molar-refractivity contribution in [1.29, 1.82) is 0 Å². The van der Waals surface area contributed by atoms with Gasteiger partial charge in [-0.2, -0.15) is 0 Å². The highest BCUT2D eigenvalue weighted by molar-refractivity contribution is 5.66. The number of hydrogen-bond donors (Lipinski definition) is 0. The van der Waals surface area contributed by atoms with Crippen LogP contribution in [-0.2, 0) is 9.53 Å². The largest absolute Gasteiger partial charge is 0.490 e. The lowest BCUT2D eigenvalue weighted by Gasteiger charge is -2.09. The van der Waals surface area contributed by atoms with Crippen molar-refractivity contribution >= 4 is 5.97 Å². The van der Waals surface area contributed by atoms with Crippen molar-refractivity contribution in [1.82, 2.24) is 9.97 Å². The van der Waals surface area contributed by atoms with Gasteiger partial charge in [-0.1, -0.05) is 63.7 Å². The number of aromatic nitrogens is 2. The van der Waals surface area contributed by atoms with Gasteiger partial charge in [0.15, 0.2) is 11.6 Å². The number of nitrogens with zero attached hydrogens (tertiary/aromatic N) is 2. The third-order valence-electron chi connectivity index (χ3n) is 5.55. The van der Waals surface area contributed by atoms with E-state index in [4.69, 9.17) is 9.47 Å². The average Bonchev–Trinajstić information content (AvgIpc) is 2.83. The molecule has 5 nitrogen and oxygen atoms in total. The van der Waals surface area contributed by atoms with E-state index >= 15 is 0 Å². The first-order chi connectivity index (χ1) is 16.6. The van der Waals surface area contributed by atoms with E-state index in [1.54, 1.807) is 12.4 Å². The maximum atomic E-state index is 10.9. The molecule has 1 aromatic carbocycles. The van der Waals surface area contributed by atoms with E-state index in [-0.39, 0.29) is 12.1 Å². The van der Waals surface area contributed by atoms with Crippen LogP contribution in [0.2, 0.25) is 0 Å². The highest BCUT2D eigenvalue weighted by Gasteiger charge is 2.04. The lowest BCUT2D eigenvalue weighted by atomic mass is 10.1. The van der Waals surface area contributed by atoms with E-state index in [9.17, 15) is 4.79 Å². The number of esters is 1. The molecule has 0 spiro atoms. The molecule has 2 aromatic rings. The van der Waals surface area contributed by atoms with Gasteiger partial charge in [0.05, 0.1) is 25.1 Å². The van der Waals surface area contributed by atoms with Crippen molar-refractivity contribution in [3.05, 3.63) is 42.2 Å². The van der Waals surface area contributed by atoms with Crippen LogP contribution in [0.15, 0.2) is 36.7 Å². The smallest absolute Gasteiger partial charge is 0.302 e. The second kappa shape index (κ2) is 16.7. The number of benzene rings is 1. The van der Waals surface area contributed by atoms with Crippen molar-refractivity contribution in [2.75, 3.05) is 6.61 Å². The lowest BCUT2D eigenvalue weighted by Crippen LogP contribution is -2.11. The third-order valence-corrected chi connectivity index (χ3v) is 5.55. The molecule has 0 saturated carbocycles. The van der Waals surface area contributed by atoms with Crippen LogP contribution < -0.4 is 4.74 Å². The summed E-state index contributed by atoms with van der Waals surface area (Å²) in [5, 5.41) is 0. The molecule has 0 bridgehead atoms. The Hall–Kier alpha value is -2.87. The fourth-order valence-electron chi connectivity index (χ4n) is 3.65. The van der Waals surface area contributed by atoms with Gasteiger partial charge in [-0.05, 0) is 50.5 Å². The van der Waals surface area contributed by atoms with Crippen LogP contribution in [0.3, 0.4) is 0 Å². The van der Waals surface area contributed by atoms with Crippen LogP contribution in [0, 0.1) is 11.8 Å². The van der Waals surface area contributed by atoms with Gasteiger partial charge in [0, 0.05) is 24.5 Å². The van der Waals surface area contributed by atoms with Crippen molar-refractivity contribution in [3.63, 3.8) is 0 Å². The first-order valence-electron chi connectivity index (χ1n) is 12.8. The second-order valence-corrected chi connectivity index (χ2v) is 8.76. The molecule has 0 saturated heterocycles. The third kappa shape index (κ3) is 11.8. The minimum atomic E-state index is -0.233. The maximum Gasteiger partial charge on any atom is 0.302 e. The first-order valence-corrected chi connectivity index (χ1v) is 12.8. The molecule has 5 heteroatoms. The van der Waals surface area contributed by atoms with E-state index < -0.39 is 0 Å². The quantitative estimate of drug-likeness (QED) is 0.159. The Bertz CT molecular complexity index is 882. The second-order valence-electron chi connectivity index (χ2n) is 8.76. The van der Waals surface area contributed by atoms with Crippen LogP contribution in [0.1, 0.15) is 97.0 Å². The Morgan fingerprint density at radius 2 is 1.59 bits per heavy atom. The summed E-state index contributed by atoms with van der Waals surface area (Å²) in [5.41, 5.74) is 1.91. The number of hydrogen-bond acceptors (Lipinski definition) is 5. The van der Waals surface area contributed by atoms with E-state index in [2.05, 4.69) is 28.7 Å². The number of rotatable bonds is 15. The van der Waals surface area contributed by atoms with E-state index in [0.717, 1.165) is 42.6 Å². The summed E-state index contributed by atoms with van der Waals surface area (Å²) >= 11 is 0. The standard InChI is InChI=1S/C29H40N2O3/c1-4-5-6-7-8-9-10-14-21-33-28-22-30-29(31-23-28)27-19-17-26(18-20-27)16-13-11-12-15-24(2)34-25(3)32/h17-20,22-24H,4-12,14-15,21H2,1-3H3. The average molecular weight is 465 g/mol. The van der Waals surface area contributed by atoms with Gasteiger partial charge < -0.3 is 9.47 Å². The Morgan fingerprint density at radius 3 is 2.24 bits per heavy atom. The number of carbonyl (C=O) groups excluding carboxylic acids is 1. The summed E-state index contributed by atoms with van der Waals surface area (Å²) in [6, 6.07) is 7.95. The fourth-order valence-corrected chi connectivity index (χ4v) is 3.65. The van der Waals surface area contributed by atoms with Gasteiger partial charge in [0.2, 0.25) is 0 Å². The first kappa shape index (κ1) is 27.4. The van der Waals surface area contributed by atoms with Crippen LogP contribution in [0.5, 0.6) is 5.75 Å². The van der Waals surface area contributed by atoms with Gasteiger partial charge in [-0.3, -0.25) is 4.79 Å². The SMILES string of the molecule is CCCCCCCCCCOc1cnc(-c2ccc(C#CCCCC(C)OC(C)=O)cc2)nc1. The van der Waals surface area contributed by atoms with Gasteiger partial charge in [0.25, 0.3) is 0 Å². The Kier molecular flexibility index (Phi) is 13.4. The monoisotopic (exact) mass is 464 g/mol. The van der Waals surface area contributed by atoms with Gasteiger partial charge in [-0.15, -0.1) is 0 Å². The Balaban J connectivity index is 1.67. The zero-order valence-corrected chi connectivity index (χ0v) is 21.1. The summed E-state index contributed by atoms with van der Waals surface area (Å²) < 4.78 is 10.9. The van der Waals surface area contributed by atoms with Crippen molar-refractivity contribution in [2.45, 2.75) is 97.5 Å². The lowest BCUT2D eigenvalue weighted by molar-refractivity contribution is -0.145. The van der Waals surface area contributed by atoms with E-state index in [0.29, 0.717) is 12.4 Å². The number of unbranched alkanes of at least 4 members (excludes halogenated alkanes) is 8. The summed E-state index contributed by atoms with van der Waals surface area (Å²) in [6.45, 7) is 6.31. The normalized spacial score (nSPS) is 11.4. The van der Waals surface area contributed by atoms with Crippen molar-refractivity contribution < 1.29 is 14.3 Å². The molecule has 34 heavy (non-hydrogen) atoms. The molecular formula is C29H40N2O3. The zero-order chi connectivity index (χ0) is 24.4. The summed E-state index contributed by atoms with van der Waals surface area (Å²) in [5.74, 6) is 7.53. The molecular weight excluding hydrogens is 424 g/mol.